The maximum atomic E-state index is 14.9. The van der Waals surface area contributed by atoms with Crippen LogP contribution >= 0.6 is 11.6 Å². The zero-order chi connectivity index (χ0) is 19.3. The van der Waals surface area contributed by atoms with Crippen molar-refractivity contribution in [2.24, 2.45) is 0 Å². The first-order valence-corrected chi connectivity index (χ1v) is 8.65. The smallest absolute Gasteiger partial charge is 0.203 e. The predicted octanol–water partition coefficient (Wildman–Crippen LogP) is 6.63. The number of benzene rings is 2. The fourth-order valence-corrected chi connectivity index (χ4v) is 3.36. The Morgan fingerprint density at radius 2 is 1.89 bits per heavy atom. The van der Waals surface area contributed by atoms with E-state index in [1.165, 1.54) is 6.07 Å². The van der Waals surface area contributed by atoms with E-state index < -0.39 is 23.2 Å². The van der Waals surface area contributed by atoms with Crippen molar-refractivity contribution >= 4 is 28.3 Å². The lowest BCUT2D eigenvalue weighted by molar-refractivity contribution is 0.347. The van der Waals surface area contributed by atoms with Crippen LogP contribution in [-0.2, 0) is 0 Å². The number of fused-ring (bicyclic) bond motifs is 1. The summed E-state index contributed by atoms with van der Waals surface area (Å²) in [6, 6.07) is 5.38. The van der Waals surface area contributed by atoms with Crippen LogP contribution in [-0.4, -0.2) is 12.2 Å². The molecule has 1 fully saturated rings. The van der Waals surface area contributed by atoms with Crippen LogP contribution < -0.4 is 4.74 Å². The first-order valence-electron chi connectivity index (χ1n) is 8.27. The quantitative estimate of drug-likeness (QED) is 0.400. The first kappa shape index (κ1) is 17.8. The predicted molar refractivity (Wildman–Crippen MR) is 96.5 cm³/mol. The number of hydrogen-bond donors (Lipinski definition) is 1. The number of aliphatic hydroxyl groups excluding tert-OH is 1. The second-order valence-corrected chi connectivity index (χ2v) is 6.76. The number of halogens is 4. The molecular formula is C20H14ClF3O3. The van der Waals surface area contributed by atoms with Crippen molar-refractivity contribution in [3.8, 4) is 16.9 Å². The standard InChI is InChI=1S/C20H14ClF3O3/c1-26-20-16(23)12(8-13(22)17(20)24)15-11-6-5-10(21)7-14(11)27-19(15)18(25)9-3-2-4-9/h5-8,25H,2-4H2,1H3. The van der Waals surface area contributed by atoms with Crippen LogP contribution in [0.3, 0.4) is 0 Å². The van der Waals surface area contributed by atoms with Crippen LogP contribution in [0.2, 0.25) is 5.02 Å². The maximum absolute atomic E-state index is 14.9. The van der Waals surface area contributed by atoms with Gasteiger partial charge >= 0.3 is 0 Å². The molecule has 0 radical (unpaired) electrons. The van der Waals surface area contributed by atoms with Gasteiger partial charge < -0.3 is 14.3 Å². The lowest BCUT2D eigenvalue weighted by Gasteiger charge is -2.18. The van der Waals surface area contributed by atoms with Gasteiger partial charge in [-0.05, 0) is 43.0 Å². The van der Waals surface area contributed by atoms with Gasteiger partial charge in [-0.15, -0.1) is 0 Å². The minimum atomic E-state index is -1.42. The Bertz CT molecular complexity index is 1100. The van der Waals surface area contributed by atoms with E-state index in [9.17, 15) is 18.3 Å². The number of allylic oxidation sites excluding steroid dienone is 1. The zero-order valence-corrected chi connectivity index (χ0v) is 15.0. The summed E-state index contributed by atoms with van der Waals surface area (Å²) in [6.07, 6.45) is 2.30. The summed E-state index contributed by atoms with van der Waals surface area (Å²) < 4.78 is 53.3. The van der Waals surface area contributed by atoms with Gasteiger partial charge in [-0.3, -0.25) is 0 Å². The van der Waals surface area contributed by atoms with E-state index in [2.05, 4.69) is 0 Å². The van der Waals surface area contributed by atoms with Gasteiger partial charge in [0, 0.05) is 27.6 Å². The summed E-state index contributed by atoms with van der Waals surface area (Å²) in [7, 11) is 1.05. The Hall–Kier alpha value is -2.60. The summed E-state index contributed by atoms with van der Waals surface area (Å²) in [4.78, 5) is 0. The van der Waals surface area contributed by atoms with E-state index in [1.807, 2.05) is 0 Å². The number of rotatable bonds is 3. The van der Waals surface area contributed by atoms with Crippen LogP contribution in [0, 0.1) is 17.5 Å². The molecule has 3 nitrogen and oxygen atoms in total. The summed E-state index contributed by atoms with van der Waals surface area (Å²) in [6.45, 7) is 0. The first-order chi connectivity index (χ1) is 12.9. The van der Waals surface area contributed by atoms with Crippen LogP contribution in [0.4, 0.5) is 13.2 Å². The highest BCUT2D eigenvalue weighted by Crippen LogP contribution is 2.44. The Balaban J connectivity index is 2.08. The van der Waals surface area contributed by atoms with E-state index in [1.54, 1.807) is 12.1 Å². The minimum absolute atomic E-state index is 0.00562. The molecule has 0 atom stereocenters. The molecule has 140 valence electrons. The lowest BCUT2D eigenvalue weighted by atomic mass is 9.89. The molecule has 2 aromatic carbocycles. The van der Waals surface area contributed by atoms with Crippen LogP contribution in [0.25, 0.3) is 27.9 Å². The van der Waals surface area contributed by atoms with Gasteiger partial charge in [-0.25, -0.2) is 8.78 Å². The molecule has 1 N–H and O–H groups in total. The molecule has 1 aliphatic carbocycles. The van der Waals surface area contributed by atoms with Crippen molar-refractivity contribution in [2.45, 2.75) is 19.3 Å². The van der Waals surface area contributed by atoms with E-state index in [4.69, 9.17) is 20.8 Å². The van der Waals surface area contributed by atoms with Crippen LogP contribution in [0.1, 0.15) is 25.0 Å². The fraction of sp³-hybridized carbons (Fsp3) is 0.200. The second kappa shape index (κ2) is 6.53. The number of methoxy groups -OCH3 is 1. The normalized spacial score (nSPS) is 13.7. The highest BCUT2D eigenvalue weighted by atomic mass is 35.5. The summed E-state index contributed by atoms with van der Waals surface area (Å²) in [5, 5.41) is 11.4. The highest BCUT2D eigenvalue weighted by molar-refractivity contribution is 6.31. The Kier molecular flexibility index (Phi) is 4.30. The van der Waals surface area contributed by atoms with Crippen LogP contribution in [0.5, 0.6) is 5.75 Å². The molecule has 1 heterocycles. The molecular weight excluding hydrogens is 381 g/mol. The molecule has 0 bridgehead atoms. The van der Waals surface area contributed by atoms with Gasteiger partial charge in [0.05, 0.1) is 7.11 Å². The lowest BCUT2D eigenvalue weighted by Crippen LogP contribution is -2.03. The Morgan fingerprint density at radius 1 is 1.15 bits per heavy atom. The van der Waals surface area contributed by atoms with Gasteiger partial charge in [0.25, 0.3) is 0 Å². The summed E-state index contributed by atoms with van der Waals surface area (Å²) in [5.41, 5.74) is 0.903. The average Bonchev–Trinajstić information content (AvgIpc) is 2.95. The zero-order valence-electron chi connectivity index (χ0n) is 14.2. The number of furan rings is 1. The highest BCUT2D eigenvalue weighted by Gasteiger charge is 2.29. The van der Waals surface area contributed by atoms with E-state index >= 15 is 0 Å². The van der Waals surface area contributed by atoms with Gasteiger partial charge in [-0.1, -0.05) is 11.6 Å². The number of ether oxygens (including phenoxy) is 1. The maximum Gasteiger partial charge on any atom is 0.203 e. The molecule has 0 amide bonds. The SMILES string of the molecule is COc1c(F)c(F)cc(-c2c(C(O)=C3CCC3)oc3cc(Cl)ccc23)c1F. The third kappa shape index (κ3) is 2.75. The number of aliphatic hydroxyl groups is 1. The van der Waals surface area contributed by atoms with Crippen molar-refractivity contribution in [1.29, 1.82) is 0 Å². The molecule has 1 aliphatic rings. The van der Waals surface area contributed by atoms with Crippen LogP contribution in [0.15, 0.2) is 34.3 Å². The Labute approximate surface area is 157 Å². The number of hydrogen-bond acceptors (Lipinski definition) is 3. The van der Waals surface area contributed by atoms with Gasteiger partial charge in [0.15, 0.2) is 28.9 Å². The topological polar surface area (TPSA) is 42.6 Å². The van der Waals surface area contributed by atoms with Crippen molar-refractivity contribution in [1.82, 2.24) is 0 Å². The third-order valence-electron chi connectivity index (χ3n) is 4.75. The fourth-order valence-electron chi connectivity index (χ4n) is 3.20. The molecule has 27 heavy (non-hydrogen) atoms. The molecule has 0 unspecified atom stereocenters. The molecule has 4 rings (SSSR count). The van der Waals surface area contributed by atoms with Gasteiger partial charge in [0.1, 0.15) is 5.58 Å². The largest absolute Gasteiger partial charge is 0.504 e. The molecule has 0 saturated heterocycles. The third-order valence-corrected chi connectivity index (χ3v) is 4.98. The van der Waals surface area contributed by atoms with Gasteiger partial charge in [-0.2, -0.15) is 4.39 Å². The second-order valence-electron chi connectivity index (χ2n) is 6.32. The molecule has 3 aromatic rings. The van der Waals surface area contributed by atoms with Crippen molar-refractivity contribution in [3.05, 3.63) is 58.1 Å². The molecule has 0 aliphatic heterocycles. The molecule has 1 saturated carbocycles. The molecule has 0 spiro atoms. The van der Waals surface area contributed by atoms with E-state index in [-0.39, 0.29) is 22.6 Å². The summed E-state index contributed by atoms with van der Waals surface area (Å²) >= 11 is 5.99. The summed E-state index contributed by atoms with van der Waals surface area (Å²) in [5.74, 6) is -4.73. The monoisotopic (exact) mass is 394 g/mol. The van der Waals surface area contributed by atoms with Gasteiger partial charge in [0.2, 0.25) is 5.82 Å². The van der Waals surface area contributed by atoms with Crippen molar-refractivity contribution in [2.75, 3.05) is 7.11 Å². The van der Waals surface area contributed by atoms with E-state index in [0.717, 1.165) is 25.2 Å². The van der Waals surface area contributed by atoms with Crippen molar-refractivity contribution in [3.63, 3.8) is 0 Å². The molecule has 7 heteroatoms. The van der Waals surface area contributed by atoms with E-state index in [0.29, 0.717) is 28.8 Å². The van der Waals surface area contributed by atoms with Crippen molar-refractivity contribution < 1.29 is 27.4 Å². The minimum Gasteiger partial charge on any atom is -0.504 e. The molecule has 1 aromatic heterocycles. The Morgan fingerprint density at radius 3 is 2.52 bits per heavy atom. The average molecular weight is 395 g/mol.